The van der Waals surface area contributed by atoms with Crippen LogP contribution in [0.1, 0.15) is 52.7 Å². The molecule has 1 saturated heterocycles. The third-order valence-electron chi connectivity index (χ3n) is 6.81. The van der Waals surface area contributed by atoms with Gasteiger partial charge in [-0.2, -0.15) is 0 Å². The van der Waals surface area contributed by atoms with E-state index in [1.165, 1.54) is 11.1 Å². The van der Waals surface area contributed by atoms with Crippen LogP contribution in [0.5, 0.6) is 0 Å². The van der Waals surface area contributed by atoms with Crippen molar-refractivity contribution in [2.24, 2.45) is 0 Å². The van der Waals surface area contributed by atoms with Crippen LogP contribution in [0.3, 0.4) is 0 Å². The second-order valence-electron chi connectivity index (χ2n) is 8.97. The second kappa shape index (κ2) is 9.82. The van der Waals surface area contributed by atoms with Crippen molar-refractivity contribution in [3.63, 3.8) is 0 Å². The molecule has 1 aliphatic carbocycles. The molecule has 33 heavy (non-hydrogen) atoms. The summed E-state index contributed by atoms with van der Waals surface area (Å²) in [4.78, 5) is 2.41. The molecule has 2 heterocycles. The molecular formula is C24H29N5O3S. The number of rotatable bonds is 7. The van der Waals surface area contributed by atoms with E-state index < -0.39 is 17.4 Å². The molecule has 0 amide bonds. The summed E-state index contributed by atoms with van der Waals surface area (Å²) in [6, 6.07) is 16.3. The lowest BCUT2D eigenvalue weighted by molar-refractivity contribution is 0.137. The Morgan fingerprint density at radius 1 is 1.12 bits per heavy atom. The maximum atomic E-state index is 10.9. The molecule has 9 heteroatoms. The number of likely N-dealkylation sites (tertiary alicyclic amines) is 1. The van der Waals surface area contributed by atoms with E-state index in [2.05, 4.69) is 44.2 Å². The number of aliphatic hydroxyl groups excluding tert-OH is 1. The highest BCUT2D eigenvalue weighted by atomic mass is 32.2. The van der Waals surface area contributed by atoms with Crippen LogP contribution in [-0.2, 0) is 30.8 Å². The van der Waals surface area contributed by atoms with Crippen molar-refractivity contribution >= 4 is 11.3 Å². The number of piperidine rings is 1. The van der Waals surface area contributed by atoms with Gasteiger partial charge in [0.1, 0.15) is 6.04 Å². The van der Waals surface area contributed by atoms with Gasteiger partial charge in [0.2, 0.25) is 11.3 Å². The predicted molar refractivity (Wildman–Crippen MR) is 126 cm³/mol. The van der Waals surface area contributed by atoms with E-state index in [1.807, 2.05) is 35.1 Å². The Morgan fingerprint density at radius 3 is 2.76 bits per heavy atom. The van der Waals surface area contributed by atoms with Crippen LogP contribution in [-0.4, -0.2) is 53.0 Å². The number of hydrogen-bond acceptors (Lipinski definition) is 5. The lowest BCUT2D eigenvalue weighted by Gasteiger charge is -2.31. The third kappa shape index (κ3) is 5.07. The van der Waals surface area contributed by atoms with Crippen LogP contribution in [0.4, 0.5) is 0 Å². The van der Waals surface area contributed by atoms with Crippen molar-refractivity contribution in [1.82, 2.24) is 24.6 Å². The maximum Gasteiger partial charge on any atom is 0.232 e. The van der Waals surface area contributed by atoms with Crippen LogP contribution < -0.4 is 4.72 Å². The SMILES string of the molecule is O=S(O)NCc1cccc(C2CCN(Cc3cn([C@H]4c5ccccc5C[C@@H]4O)nn3)CC2)c1. The van der Waals surface area contributed by atoms with Gasteiger partial charge in [0.25, 0.3) is 0 Å². The first-order valence-corrected chi connectivity index (χ1v) is 12.5. The van der Waals surface area contributed by atoms with Crippen molar-refractivity contribution in [1.29, 1.82) is 0 Å². The molecule has 5 rings (SSSR count). The summed E-state index contributed by atoms with van der Waals surface area (Å²) >= 11 is -2.00. The molecule has 3 atom stereocenters. The topological polar surface area (TPSA) is 104 Å². The molecule has 1 fully saturated rings. The summed E-state index contributed by atoms with van der Waals surface area (Å²) in [6.45, 7) is 3.10. The third-order valence-corrected chi connectivity index (χ3v) is 7.20. The summed E-state index contributed by atoms with van der Waals surface area (Å²) in [7, 11) is 0. The van der Waals surface area contributed by atoms with E-state index in [0.29, 0.717) is 18.9 Å². The zero-order valence-corrected chi connectivity index (χ0v) is 19.2. The van der Waals surface area contributed by atoms with Gasteiger partial charge in [-0.3, -0.25) is 9.45 Å². The number of fused-ring (bicyclic) bond motifs is 1. The number of aliphatic hydroxyl groups is 1. The molecule has 1 aliphatic heterocycles. The minimum atomic E-state index is -2.00. The average molecular weight is 468 g/mol. The minimum absolute atomic E-state index is 0.168. The Kier molecular flexibility index (Phi) is 6.66. The van der Waals surface area contributed by atoms with E-state index in [1.54, 1.807) is 0 Å². The van der Waals surface area contributed by atoms with Crippen molar-refractivity contribution in [3.8, 4) is 0 Å². The highest BCUT2D eigenvalue weighted by Gasteiger charge is 2.33. The highest BCUT2D eigenvalue weighted by molar-refractivity contribution is 7.77. The van der Waals surface area contributed by atoms with Crippen LogP contribution in [0.25, 0.3) is 0 Å². The first kappa shape index (κ1) is 22.4. The number of hydrogen-bond donors (Lipinski definition) is 3. The molecule has 3 N–H and O–H groups in total. The van der Waals surface area contributed by atoms with Crippen LogP contribution >= 0.6 is 0 Å². The van der Waals surface area contributed by atoms with E-state index in [9.17, 15) is 9.32 Å². The summed E-state index contributed by atoms with van der Waals surface area (Å²) in [5.41, 5.74) is 5.54. The Bertz CT molecular complexity index is 1130. The monoisotopic (exact) mass is 467 g/mol. The zero-order chi connectivity index (χ0) is 22.8. The van der Waals surface area contributed by atoms with Gasteiger partial charge in [0.15, 0.2) is 0 Å². The van der Waals surface area contributed by atoms with Gasteiger partial charge in [-0.1, -0.05) is 53.7 Å². The van der Waals surface area contributed by atoms with Gasteiger partial charge >= 0.3 is 0 Å². The molecule has 0 bridgehead atoms. The molecule has 1 unspecified atom stereocenters. The van der Waals surface area contributed by atoms with E-state index in [0.717, 1.165) is 49.3 Å². The fourth-order valence-electron chi connectivity index (χ4n) is 5.15. The number of nitrogens with one attached hydrogen (secondary N) is 1. The smallest absolute Gasteiger partial charge is 0.232 e. The molecule has 2 aliphatic rings. The van der Waals surface area contributed by atoms with E-state index >= 15 is 0 Å². The summed E-state index contributed by atoms with van der Waals surface area (Å²) in [5, 5.41) is 19.3. The van der Waals surface area contributed by atoms with Gasteiger partial charge in [-0.15, -0.1) is 5.10 Å². The molecule has 0 spiro atoms. The quantitative estimate of drug-likeness (QED) is 0.461. The Labute approximate surface area is 196 Å². The molecule has 0 saturated carbocycles. The number of benzene rings is 2. The first-order valence-electron chi connectivity index (χ1n) is 11.4. The fourth-order valence-corrected chi connectivity index (χ4v) is 5.44. The Morgan fingerprint density at radius 2 is 1.94 bits per heavy atom. The molecule has 1 aromatic heterocycles. The predicted octanol–water partition coefficient (Wildman–Crippen LogP) is 2.39. The van der Waals surface area contributed by atoms with Gasteiger partial charge in [0, 0.05) is 19.5 Å². The largest absolute Gasteiger partial charge is 0.390 e. The minimum Gasteiger partial charge on any atom is -0.390 e. The van der Waals surface area contributed by atoms with Gasteiger partial charge in [-0.25, -0.2) is 13.6 Å². The van der Waals surface area contributed by atoms with E-state index in [4.69, 9.17) is 4.55 Å². The summed E-state index contributed by atoms with van der Waals surface area (Å²) < 4.78 is 24.2. The Balaban J connectivity index is 1.18. The van der Waals surface area contributed by atoms with Crippen molar-refractivity contribution in [2.75, 3.05) is 13.1 Å². The first-order chi connectivity index (χ1) is 16.1. The van der Waals surface area contributed by atoms with Gasteiger partial charge in [0.05, 0.1) is 18.0 Å². The van der Waals surface area contributed by atoms with Gasteiger partial charge in [-0.05, 0) is 54.1 Å². The number of nitrogens with zero attached hydrogens (tertiary/aromatic N) is 4. The van der Waals surface area contributed by atoms with Crippen LogP contribution in [0, 0.1) is 0 Å². The lowest BCUT2D eigenvalue weighted by atomic mass is 9.88. The zero-order valence-electron chi connectivity index (χ0n) is 18.4. The average Bonchev–Trinajstić information content (AvgIpc) is 3.41. The fraction of sp³-hybridized carbons (Fsp3) is 0.417. The van der Waals surface area contributed by atoms with Crippen molar-refractivity contribution in [2.45, 2.75) is 50.4 Å². The van der Waals surface area contributed by atoms with Crippen LogP contribution in [0.2, 0.25) is 0 Å². The van der Waals surface area contributed by atoms with Crippen LogP contribution in [0.15, 0.2) is 54.7 Å². The Hall–Kier alpha value is -2.43. The molecule has 3 aromatic rings. The number of aromatic nitrogens is 3. The lowest BCUT2D eigenvalue weighted by Crippen LogP contribution is -2.32. The normalized spacial score (nSPS) is 22.4. The van der Waals surface area contributed by atoms with Gasteiger partial charge < -0.3 is 5.11 Å². The molecule has 0 radical (unpaired) electrons. The molecule has 174 valence electrons. The molecule has 2 aromatic carbocycles. The molecular weight excluding hydrogens is 438 g/mol. The summed E-state index contributed by atoms with van der Waals surface area (Å²) in [6.07, 6.45) is 4.27. The van der Waals surface area contributed by atoms with E-state index in [-0.39, 0.29) is 6.04 Å². The second-order valence-corrected chi connectivity index (χ2v) is 9.76. The molecule has 8 nitrogen and oxygen atoms in total. The summed E-state index contributed by atoms with van der Waals surface area (Å²) in [5.74, 6) is 0.488. The highest BCUT2D eigenvalue weighted by Crippen LogP contribution is 2.34. The van der Waals surface area contributed by atoms with Crippen molar-refractivity contribution in [3.05, 3.63) is 82.7 Å². The maximum absolute atomic E-state index is 10.9. The van der Waals surface area contributed by atoms with Crippen molar-refractivity contribution < 1.29 is 13.9 Å². The standard InChI is InChI=1S/C24H29N5O3S/c30-23-13-20-5-1-2-7-22(20)24(23)29-16-21(26-27-29)15-28-10-8-18(9-11-28)19-6-3-4-17(12-19)14-25-33(31)32/h1-7,12,16,18,23-25,30H,8-11,13-15H2,(H,31,32)/t23-,24-/m0/s1.